The fraction of sp³-hybridized carbons (Fsp3) is 0.571. The van der Waals surface area contributed by atoms with Crippen LogP contribution in [-0.4, -0.2) is 34.5 Å². The number of nitrogens with zero attached hydrogens (tertiary/aromatic N) is 2. The van der Waals surface area contributed by atoms with Crippen LogP contribution in [0.1, 0.15) is 32.3 Å². The molecule has 18 heavy (non-hydrogen) atoms. The Morgan fingerprint density at radius 3 is 2.33 bits per heavy atom. The van der Waals surface area contributed by atoms with Gasteiger partial charge in [-0.25, -0.2) is 0 Å². The molecule has 1 saturated heterocycles. The Labute approximate surface area is 108 Å². The maximum absolute atomic E-state index is 11.2. The first-order valence-corrected chi connectivity index (χ1v) is 6.33. The lowest BCUT2D eigenvalue weighted by Crippen LogP contribution is -2.40. The van der Waals surface area contributed by atoms with Crippen molar-refractivity contribution in [1.29, 1.82) is 0 Å². The van der Waals surface area contributed by atoms with E-state index in [0.29, 0.717) is 6.54 Å². The molecule has 0 unspecified atom stereocenters. The Bertz CT molecular complexity index is 425. The van der Waals surface area contributed by atoms with Crippen molar-refractivity contribution < 1.29 is 4.92 Å². The zero-order valence-corrected chi connectivity index (χ0v) is 11.2. The molecule has 0 aliphatic carbocycles. The Kier molecular flexibility index (Phi) is 3.39. The van der Waals surface area contributed by atoms with Gasteiger partial charge >= 0.3 is 0 Å². The molecule has 0 radical (unpaired) electrons. The van der Waals surface area contributed by atoms with Gasteiger partial charge in [0.15, 0.2) is 0 Å². The standard InChI is InChI=1S/C14H20N2O2/c1-14(2,3)15-9-12(13(10-15)16(17)18)11-7-5-4-6-8-11/h4-8,12-13H,9-10H2,1-3H3/t12-,13+/m0/s1. The average Bonchev–Trinajstić information content (AvgIpc) is 2.74. The number of likely N-dealkylation sites (tertiary alicyclic amines) is 1. The molecule has 4 heteroatoms. The number of hydrogen-bond donors (Lipinski definition) is 0. The van der Waals surface area contributed by atoms with Crippen LogP contribution >= 0.6 is 0 Å². The van der Waals surface area contributed by atoms with E-state index in [1.165, 1.54) is 0 Å². The van der Waals surface area contributed by atoms with Crippen molar-refractivity contribution >= 4 is 0 Å². The van der Waals surface area contributed by atoms with Gasteiger partial charge in [-0.3, -0.25) is 15.0 Å². The summed E-state index contributed by atoms with van der Waals surface area (Å²) in [6.07, 6.45) is 0. The van der Waals surface area contributed by atoms with Crippen LogP contribution in [0.2, 0.25) is 0 Å². The second-order valence-electron chi connectivity index (χ2n) is 5.95. The van der Waals surface area contributed by atoms with Crippen molar-refractivity contribution in [3.05, 3.63) is 46.0 Å². The lowest BCUT2D eigenvalue weighted by atomic mass is 9.95. The van der Waals surface area contributed by atoms with Gasteiger partial charge in [0.2, 0.25) is 6.04 Å². The Morgan fingerprint density at radius 2 is 1.83 bits per heavy atom. The second-order valence-corrected chi connectivity index (χ2v) is 5.95. The molecule has 0 bridgehead atoms. The summed E-state index contributed by atoms with van der Waals surface area (Å²) in [4.78, 5) is 13.3. The van der Waals surface area contributed by atoms with Crippen LogP contribution in [0.25, 0.3) is 0 Å². The Morgan fingerprint density at radius 1 is 1.22 bits per heavy atom. The third-order valence-corrected chi connectivity index (χ3v) is 3.74. The number of hydrogen-bond acceptors (Lipinski definition) is 3. The van der Waals surface area contributed by atoms with Gasteiger partial charge in [0.1, 0.15) is 0 Å². The summed E-state index contributed by atoms with van der Waals surface area (Å²) >= 11 is 0. The molecule has 1 aliphatic rings. The van der Waals surface area contributed by atoms with E-state index in [0.717, 1.165) is 12.1 Å². The summed E-state index contributed by atoms with van der Waals surface area (Å²) in [5.41, 5.74) is 1.06. The topological polar surface area (TPSA) is 46.4 Å². The largest absolute Gasteiger partial charge is 0.291 e. The molecule has 1 aromatic carbocycles. The summed E-state index contributed by atoms with van der Waals surface area (Å²) in [6, 6.07) is 9.34. The van der Waals surface area contributed by atoms with E-state index in [-0.39, 0.29) is 16.4 Å². The lowest BCUT2D eigenvalue weighted by Gasteiger charge is -2.31. The van der Waals surface area contributed by atoms with Gasteiger partial charge in [0.25, 0.3) is 0 Å². The Balaban J connectivity index is 2.26. The van der Waals surface area contributed by atoms with Crippen LogP contribution in [0.3, 0.4) is 0 Å². The number of nitro groups is 1. The van der Waals surface area contributed by atoms with E-state index in [1.54, 1.807) is 0 Å². The average molecular weight is 248 g/mol. The third kappa shape index (κ3) is 2.53. The molecular weight excluding hydrogens is 228 g/mol. The first-order valence-electron chi connectivity index (χ1n) is 6.33. The predicted octanol–water partition coefficient (Wildman–Crippen LogP) is 2.53. The summed E-state index contributed by atoms with van der Waals surface area (Å²) in [6.45, 7) is 7.63. The molecule has 1 heterocycles. The molecule has 0 saturated carbocycles. The summed E-state index contributed by atoms with van der Waals surface area (Å²) in [7, 11) is 0. The Hall–Kier alpha value is -1.42. The molecule has 2 atom stereocenters. The van der Waals surface area contributed by atoms with Gasteiger partial charge in [0.05, 0.1) is 12.5 Å². The highest BCUT2D eigenvalue weighted by Crippen LogP contribution is 2.33. The van der Waals surface area contributed by atoms with E-state index in [9.17, 15) is 10.1 Å². The monoisotopic (exact) mass is 248 g/mol. The molecule has 1 fully saturated rings. The molecule has 4 nitrogen and oxygen atoms in total. The quantitative estimate of drug-likeness (QED) is 0.597. The molecule has 2 rings (SSSR count). The van der Waals surface area contributed by atoms with Gasteiger partial charge in [0, 0.05) is 17.0 Å². The van der Waals surface area contributed by atoms with Crippen molar-refractivity contribution in [3.8, 4) is 0 Å². The zero-order chi connectivity index (χ0) is 13.3. The van der Waals surface area contributed by atoms with Gasteiger partial charge in [-0.2, -0.15) is 0 Å². The van der Waals surface area contributed by atoms with E-state index in [1.807, 2.05) is 30.3 Å². The molecule has 1 aliphatic heterocycles. The molecular formula is C14H20N2O2. The van der Waals surface area contributed by atoms with E-state index >= 15 is 0 Å². The summed E-state index contributed by atoms with van der Waals surface area (Å²) in [5.74, 6) is 0.000394. The second kappa shape index (κ2) is 4.69. The number of benzene rings is 1. The SMILES string of the molecule is CC(C)(C)N1C[C@@H]([N+](=O)[O-])[C@H](c2ccccc2)C1. The molecule has 1 aromatic rings. The molecule has 0 spiro atoms. The van der Waals surface area contributed by atoms with Crippen molar-refractivity contribution in [3.63, 3.8) is 0 Å². The van der Waals surface area contributed by atoms with Crippen LogP contribution in [0.15, 0.2) is 30.3 Å². The summed E-state index contributed by atoms with van der Waals surface area (Å²) < 4.78 is 0. The van der Waals surface area contributed by atoms with Crippen LogP contribution in [0, 0.1) is 10.1 Å². The van der Waals surface area contributed by atoms with Crippen LogP contribution in [-0.2, 0) is 0 Å². The fourth-order valence-electron chi connectivity index (χ4n) is 2.58. The molecule has 0 aromatic heterocycles. The molecule has 98 valence electrons. The van der Waals surface area contributed by atoms with Crippen LogP contribution in [0.5, 0.6) is 0 Å². The van der Waals surface area contributed by atoms with E-state index < -0.39 is 6.04 Å². The molecule has 0 amide bonds. The maximum atomic E-state index is 11.2. The minimum absolute atomic E-state index is 0.000394. The number of rotatable bonds is 2. The minimum Gasteiger partial charge on any atom is -0.291 e. The summed E-state index contributed by atoms with van der Waals surface area (Å²) in [5, 5.41) is 11.2. The van der Waals surface area contributed by atoms with Crippen LogP contribution < -0.4 is 0 Å². The van der Waals surface area contributed by atoms with Gasteiger partial charge in [-0.1, -0.05) is 30.3 Å². The first-order chi connectivity index (χ1) is 8.39. The smallest absolute Gasteiger partial charge is 0.233 e. The lowest BCUT2D eigenvalue weighted by molar-refractivity contribution is -0.521. The zero-order valence-electron chi connectivity index (χ0n) is 11.2. The van der Waals surface area contributed by atoms with Crippen molar-refractivity contribution in [2.75, 3.05) is 13.1 Å². The predicted molar refractivity (Wildman–Crippen MR) is 71.3 cm³/mol. The van der Waals surface area contributed by atoms with Gasteiger partial charge in [-0.15, -0.1) is 0 Å². The minimum atomic E-state index is -0.494. The highest BCUT2D eigenvalue weighted by atomic mass is 16.6. The van der Waals surface area contributed by atoms with Gasteiger partial charge in [-0.05, 0) is 26.3 Å². The fourth-order valence-corrected chi connectivity index (χ4v) is 2.58. The van der Waals surface area contributed by atoms with Crippen molar-refractivity contribution in [2.45, 2.75) is 38.3 Å². The first kappa shape index (κ1) is 13.0. The highest BCUT2D eigenvalue weighted by molar-refractivity contribution is 5.23. The third-order valence-electron chi connectivity index (χ3n) is 3.74. The normalized spacial score (nSPS) is 25.3. The van der Waals surface area contributed by atoms with Crippen molar-refractivity contribution in [1.82, 2.24) is 4.90 Å². The maximum Gasteiger partial charge on any atom is 0.233 e. The van der Waals surface area contributed by atoms with E-state index in [2.05, 4.69) is 25.7 Å². The molecule has 0 N–H and O–H groups in total. The van der Waals surface area contributed by atoms with Crippen molar-refractivity contribution in [2.24, 2.45) is 0 Å². The van der Waals surface area contributed by atoms with Crippen LogP contribution in [0.4, 0.5) is 0 Å². The van der Waals surface area contributed by atoms with Gasteiger partial charge < -0.3 is 0 Å². The highest BCUT2D eigenvalue weighted by Gasteiger charge is 2.44. The van der Waals surface area contributed by atoms with E-state index in [4.69, 9.17) is 0 Å².